The number of aryl methyl sites for hydroxylation is 1. The molecule has 0 bridgehead atoms. The van der Waals surface area contributed by atoms with Gasteiger partial charge in [-0.25, -0.2) is 9.97 Å². The van der Waals surface area contributed by atoms with Gasteiger partial charge in [-0.05, 0) is 18.9 Å². The van der Waals surface area contributed by atoms with Crippen LogP contribution >= 0.6 is 22.7 Å². The molecule has 0 spiro atoms. The zero-order valence-corrected chi connectivity index (χ0v) is 17.0. The molecule has 0 aliphatic heterocycles. The van der Waals surface area contributed by atoms with Crippen molar-refractivity contribution in [3.8, 4) is 0 Å². The molecule has 0 amide bonds. The van der Waals surface area contributed by atoms with E-state index in [9.17, 15) is 0 Å². The van der Waals surface area contributed by atoms with Crippen LogP contribution in [0.5, 0.6) is 0 Å². The van der Waals surface area contributed by atoms with Gasteiger partial charge in [0.15, 0.2) is 0 Å². The summed E-state index contributed by atoms with van der Waals surface area (Å²) < 4.78 is 2.06. The van der Waals surface area contributed by atoms with Gasteiger partial charge in [-0.1, -0.05) is 27.7 Å². The molecular weight excluding hydrogens is 348 g/mol. The van der Waals surface area contributed by atoms with Crippen LogP contribution in [-0.2, 0) is 13.0 Å². The highest BCUT2D eigenvalue weighted by Crippen LogP contribution is 2.24. The SMILES string of the molecule is CC(C)c1nc(CC(C)c2ccn(CCC(C)c3cscn3)n2)cs1. The molecule has 0 aliphatic carbocycles. The average Bonchev–Trinajstić information content (AvgIpc) is 3.32. The molecule has 0 saturated heterocycles. The Balaban J connectivity index is 1.54. The van der Waals surface area contributed by atoms with E-state index in [2.05, 4.69) is 60.4 Å². The van der Waals surface area contributed by atoms with Gasteiger partial charge >= 0.3 is 0 Å². The molecule has 3 rings (SSSR count). The standard InChI is InChI=1S/C19H26N4S2/c1-13(2)19-21-16(10-25-19)9-15(4)17-6-8-23(22-17)7-5-14(3)18-11-24-12-20-18/h6,8,10-15H,5,7,9H2,1-4H3. The Labute approximate surface area is 158 Å². The fourth-order valence-electron chi connectivity index (χ4n) is 2.80. The largest absolute Gasteiger partial charge is 0.272 e. The Morgan fingerprint density at radius 1 is 1.08 bits per heavy atom. The van der Waals surface area contributed by atoms with Crippen LogP contribution in [-0.4, -0.2) is 19.7 Å². The van der Waals surface area contributed by atoms with Crippen molar-refractivity contribution < 1.29 is 0 Å². The molecule has 0 N–H and O–H groups in total. The van der Waals surface area contributed by atoms with Crippen molar-refractivity contribution in [3.63, 3.8) is 0 Å². The summed E-state index contributed by atoms with van der Waals surface area (Å²) in [5, 5.41) is 10.3. The van der Waals surface area contributed by atoms with Crippen LogP contribution in [0, 0.1) is 0 Å². The lowest BCUT2D eigenvalue weighted by molar-refractivity contribution is 0.519. The summed E-state index contributed by atoms with van der Waals surface area (Å²) in [6.07, 6.45) is 4.11. The minimum Gasteiger partial charge on any atom is -0.272 e. The number of hydrogen-bond donors (Lipinski definition) is 0. The van der Waals surface area contributed by atoms with Crippen molar-refractivity contribution in [2.24, 2.45) is 0 Å². The molecule has 4 nitrogen and oxygen atoms in total. The van der Waals surface area contributed by atoms with E-state index in [1.54, 1.807) is 22.7 Å². The molecule has 3 heterocycles. The molecule has 6 heteroatoms. The van der Waals surface area contributed by atoms with Crippen molar-refractivity contribution in [1.82, 2.24) is 19.7 Å². The molecule has 2 atom stereocenters. The smallest absolute Gasteiger partial charge is 0.0953 e. The normalized spacial score (nSPS) is 14.1. The summed E-state index contributed by atoms with van der Waals surface area (Å²) in [5.74, 6) is 1.37. The maximum absolute atomic E-state index is 4.78. The van der Waals surface area contributed by atoms with Crippen molar-refractivity contribution >= 4 is 22.7 Å². The number of rotatable bonds is 8. The molecular formula is C19H26N4S2. The first-order chi connectivity index (χ1) is 12.0. The molecule has 25 heavy (non-hydrogen) atoms. The van der Waals surface area contributed by atoms with E-state index < -0.39 is 0 Å². The Kier molecular flexibility index (Phi) is 6.02. The Bertz CT molecular complexity index is 773. The Hall–Kier alpha value is -1.53. The lowest BCUT2D eigenvalue weighted by Crippen LogP contribution is -2.06. The van der Waals surface area contributed by atoms with E-state index in [4.69, 9.17) is 10.1 Å². The third-order valence-electron chi connectivity index (χ3n) is 4.49. The number of hydrogen-bond acceptors (Lipinski definition) is 5. The van der Waals surface area contributed by atoms with Crippen molar-refractivity contribution in [2.45, 2.75) is 64.8 Å². The molecule has 3 aromatic heterocycles. The second kappa shape index (κ2) is 8.23. The van der Waals surface area contributed by atoms with Crippen molar-refractivity contribution in [3.05, 3.63) is 50.6 Å². The Morgan fingerprint density at radius 3 is 2.60 bits per heavy atom. The molecule has 0 aliphatic rings. The summed E-state index contributed by atoms with van der Waals surface area (Å²) >= 11 is 3.43. The van der Waals surface area contributed by atoms with Crippen molar-refractivity contribution in [1.29, 1.82) is 0 Å². The quantitative estimate of drug-likeness (QED) is 0.526. The summed E-state index contributed by atoms with van der Waals surface area (Å²) in [6, 6.07) is 2.15. The molecule has 3 aromatic rings. The molecule has 2 unspecified atom stereocenters. The summed E-state index contributed by atoms with van der Waals surface area (Å²) in [6.45, 7) is 9.79. The van der Waals surface area contributed by atoms with Crippen LogP contribution in [0.2, 0.25) is 0 Å². The van der Waals surface area contributed by atoms with E-state index in [1.807, 2.05) is 5.51 Å². The minimum absolute atomic E-state index is 0.388. The second-order valence-electron chi connectivity index (χ2n) is 7.04. The third kappa shape index (κ3) is 4.76. The molecule has 0 radical (unpaired) electrons. The monoisotopic (exact) mass is 374 g/mol. The predicted molar refractivity (Wildman–Crippen MR) is 106 cm³/mol. The van der Waals surface area contributed by atoms with Gasteiger partial charge in [-0.3, -0.25) is 4.68 Å². The Morgan fingerprint density at radius 2 is 1.92 bits per heavy atom. The first-order valence-corrected chi connectivity index (χ1v) is 10.7. The fraction of sp³-hybridized carbons (Fsp3) is 0.526. The topological polar surface area (TPSA) is 43.6 Å². The minimum atomic E-state index is 0.388. The van der Waals surface area contributed by atoms with Gasteiger partial charge in [-0.2, -0.15) is 5.10 Å². The lowest BCUT2D eigenvalue weighted by atomic mass is 10.0. The van der Waals surface area contributed by atoms with E-state index in [0.29, 0.717) is 17.8 Å². The van der Waals surface area contributed by atoms with Crippen LogP contribution in [0.1, 0.15) is 74.0 Å². The van der Waals surface area contributed by atoms with Crippen LogP contribution in [0.4, 0.5) is 0 Å². The van der Waals surface area contributed by atoms with Gasteiger partial charge in [0, 0.05) is 41.3 Å². The summed E-state index contributed by atoms with van der Waals surface area (Å²) in [5.41, 5.74) is 5.44. The van der Waals surface area contributed by atoms with E-state index in [1.165, 1.54) is 16.4 Å². The van der Waals surface area contributed by atoms with E-state index in [0.717, 1.165) is 25.1 Å². The second-order valence-corrected chi connectivity index (χ2v) is 8.65. The van der Waals surface area contributed by atoms with Gasteiger partial charge in [0.05, 0.1) is 27.6 Å². The maximum atomic E-state index is 4.78. The highest BCUT2D eigenvalue weighted by atomic mass is 32.1. The van der Waals surface area contributed by atoms with Crippen LogP contribution in [0.25, 0.3) is 0 Å². The molecule has 134 valence electrons. The molecule has 0 fully saturated rings. The van der Waals surface area contributed by atoms with Gasteiger partial charge in [-0.15, -0.1) is 22.7 Å². The third-order valence-corrected chi connectivity index (χ3v) is 6.29. The van der Waals surface area contributed by atoms with E-state index in [-0.39, 0.29) is 0 Å². The molecule has 0 saturated carbocycles. The first kappa shape index (κ1) is 18.3. The highest BCUT2D eigenvalue weighted by molar-refractivity contribution is 7.09. The summed E-state index contributed by atoms with van der Waals surface area (Å²) in [4.78, 5) is 9.15. The number of aromatic nitrogens is 4. The zero-order chi connectivity index (χ0) is 17.8. The van der Waals surface area contributed by atoms with Crippen molar-refractivity contribution in [2.75, 3.05) is 0 Å². The van der Waals surface area contributed by atoms with E-state index >= 15 is 0 Å². The predicted octanol–water partition coefficient (Wildman–Crippen LogP) is 5.46. The average molecular weight is 375 g/mol. The zero-order valence-electron chi connectivity index (χ0n) is 15.3. The van der Waals surface area contributed by atoms with Crippen LogP contribution < -0.4 is 0 Å². The van der Waals surface area contributed by atoms with Crippen LogP contribution in [0.3, 0.4) is 0 Å². The van der Waals surface area contributed by atoms with Gasteiger partial charge < -0.3 is 0 Å². The first-order valence-electron chi connectivity index (χ1n) is 8.88. The summed E-state index contributed by atoms with van der Waals surface area (Å²) in [7, 11) is 0. The highest BCUT2D eigenvalue weighted by Gasteiger charge is 2.14. The maximum Gasteiger partial charge on any atom is 0.0953 e. The van der Waals surface area contributed by atoms with Gasteiger partial charge in [0.25, 0.3) is 0 Å². The van der Waals surface area contributed by atoms with Crippen LogP contribution in [0.15, 0.2) is 28.5 Å². The number of thiazole rings is 2. The molecule has 0 aromatic carbocycles. The van der Waals surface area contributed by atoms with Gasteiger partial charge in [0.2, 0.25) is 0 Å². The van der Waals surface area contributed by atoms with Gasteiger partial charge in [0.1, 0.15) is 0 Å². The lowest BCUT2D eigenvalue weighted by Gasteiger charge is -2.09. The fourth-order valence-corrected chi connectivity index (χ4v) is 4.33. The number of nitrogens with zero attached hydrogens (tertiary/aromatic N) is 4.